The molecule has 0 unspecified atom stereocenters. The van der Waals surface area contributed by atoms with Gasteiger partial charge in [0.05, 0.1) is 9.88 Å². The van der Waals surface area contributed by atoms with Crippen LogP contribution in [0.15, 0.2) is 24.3 Å². The molecule has 0 saturated carbocycles. The number of rotatable bonds is 3. The number of hydrogen-bond donors (Lipinski definition) is 1. The molecule has 1 amide bonds. The molecule has 5 heteroatoms. The lowest BCUT2D eigenvalue weighted by Gasteiger charge is -2.04. The number of aryl methyl sites for hydroxylation is 1. The zero-order valence-electron chi connectivity index (χ0n) is 9.98. The largest absolute Gasteiger partial charge is 0.326 e. The van der Waals surface area contributed by atoms with Crippen LogP contribution >= 0.6 is 11.3 Å². The Labute approximate surface area is 109 Å². The first-order valence-electron chi connectivity index (χ1n) is 5.34. The van der Waals surface area contributed by atoms with E-state index in [9.17, 15) is 9.59 Å². The predicted octanol–water partition coefficient (Wildman–Crippen LogP) is 2.53. The number of hydrogen-bond acceptors (Lipinski definition) is 4. The molecule has 0 aliphatic rings. The Kier molecular flexibility index (Phi) is 3.53. The standard InChI is InChI=1S/C13H11N2O2S/c1-8(17)14-11-5-3-4-10(6-11)13-12(7-16)15-9(2)18-13/h3-6H,1-2H3,(H,14,17). The number of benzene rings is 1. The molecule has 1 aromatic carbocycles. The van der Waals surface area contributed by atoms with Gasteiger partial charge in [0.1, 0.15) is 5.69 Å². The third kappa shape index (κ3) is 2.62. The lowest BCUT2D eigenvalue weighted by molar-refractivity contribution is -0.114. The van der Waals surface area contributed by atoms with Gasteiger partial charge in [-0.25, -0.2) is 4.98 Å². The molecule has 1 heterocycles. The van der Waals surface area contributed by atoms with E-state index >= 15 is 0 Å². The Hall–Kier alpha value is -2.01. The van der Waals surface area contributed by atoms with E-state index in [0.29, 0.717) is 11.4 Å². The maximum Gasteiger partial charge on any atom is 0.255 e. The Morgan fingerprint density at radius 1 is 1.44 bits per heavy atom. The zero-order valence-corrected chi connectivity index (χ0v) is 10.8. The van der Waals surface area contributed by atoms with Crippen LogP contribution in [0.1, 0.15) is 17.6 Å². The van der Waals surface area contributed by atoms with E-state index in [1.165, 1.54) is 18.3 Å². The highest BCUT2D eigenvalue weighted by Gasteiger charge is 2.11. The van der Waals surface area contributed by atoms with Crippen LogP contribution in [0.3, 0.4) is 0 Å². The van der Waals surface area contributed by atoms with Crippen molar-refractivity contribution in [2.45, 2.75) is 13.8 Å². The third-order valence-corrected chi connectivity index (χ3v) is 3.30. The molecular weight excluding hydrogens is 248 g/mol. The predicted molar refractivity (Wildman–Crippen MR) is 71.4 cm³/mol. The van der Waals surface area contributed by atoms with E-state index in [1.807, 2.05) is 31.4 Å². The summed E-state index contributed by atoms with van der Waals surface area (Å²) in [5.74, 6) is -0.130. The SMILES string of the molecule is CC(=O)Nc1cccc(-c2sc(C)nc2[C]=O)c1. The summed E-state index contributed by atoms with van der Waals surface area (Å²) >= 11 is 1.43. The summed E-state index contributed by atoms with van der Waals surface area (Å²) in [7, 11) is 0. The van der Waals surface area contributed by atoms with Crippen LogP contribution in [0.5, 0.6) is 0 Å². The number of carbonyl (C=O) groups excluding carboxylic acids is 2. The Bertz CT molecular complexity index is 605. The molecular formula is C13H11N2O2S. The molecule has 0 spiro atoms. The number of carbonyl (C=O) groups is 1. The normalized spacial score (nSPS) is 10.1. The minimum atomic E-state index is -0.130. The van der Waals surface area contributed by atoms with Crippen LogP contribution in [0.4, 0.5) is 5.69 Å². The lowest BCUT2D eigenvalue weighted by atomic mass is 10.1. The second-order valence-electron chi connectivity index (χ2n) is 3.77. The highest BCUT2D eigenvalue weighted by molar-refractivity contribution is 7.15. The smallest absolute Gasteiger partial charge is 0.255 e. The van der Waals surface area contributed by atoms with Crippen LogP contribution in [-0.4, -0.2) is 17.2 Å². The maximum atomic E-state index is 11.0. The van der Waals surface area contributed by atoms with Crippen LogP contribution in [0, 0.1) is 6.92 Å². The minimum Gasteiger partial charge on any atom is -0.326 e. The molecule has 1 aromatic heterocycles. The highest BCUT2D eigenvalue weighted by atomic mass is 32.1. The second-order valence-corrected chi connectivity index (χ2v) is 4.98. The molecule has 4 nitrogen and oxygen atoms in total. The van der Waals surface area contributed by atoms with E-state index in [4.69, 9.17) is 0 Å². The molecule has 1 radical (unpaired) electrons. The molecule has 0 fully saturated rings. The number of nitrogens with one attached hydrogen (secondary N) is 1. The van der Waals surface area contributed by atoms with Crippen molar-refractivity contribution in [1.29, 1.82) is 0 Å². The van der Waals surface area contributed by atoms with Crippen molar-refractivity contribution in [2.24, 2.45) is 0 Å². The van der Waals surface area contributed by atoms with Crippen LogP contribution in [0.2, 0.25) is 0 Å². The third-order valence-electron chi connectivity index (χ3n) is 2.28. The summed E-state index contributed by atoms with van der Waals surface area (Å²) in [4.78, 5) is 26.7. The Morgan fingerprint density at radius 3 is 2.89 bits per heavy atom. The number of aromatic nitrogens is 1. The van der Waals surface area contributed by atoms with Crippen LogP contribution in [-0.2, 0) is 9.59 Å². The minimum absolute atomic E-state index is 0.130. The molecule has 0 saturated heterocycles. The summed E-state index contributed by atoms with van der Waals surface area (Å²) in [5.41, 5.74) is 1.87. The molecule has 1 N–H and O–H groups in total. The van der Waals surface area contributed by atoms with Gasteiger partial charge in [0, 0.05) is 12.6 Å². The molecule has 18 heavy (non-hydrogen) atoms. The Morgan fingerprint density at radius 2 is 2.22 bits per heavy atom. The van der Waals surface area contributed by atoms with Crippen molar-refractivity contribution in [1.82, 2.24) is 4.98 Å². The van der Waals surface area contributed by atoms with Gasteiger partial charge in [0.2, 0.25) is 5.91 Å². The molecule has 0 bridgehead atoms. The van der Waals surface area contributed by atoms with Crippen molar-refractivity contribution in [3.05, 3.63) is 35.0 Å². The van der Waals surface area contributed by atoms with Crippen molar-refractivity contribution in [2.75, 3.05) is 5.32 Å². The fourth-order valence-electron chi connectivity index (χ4n) is 1.63. The number of thiazole rings is 1. The highest BCUT2D eigenvalue weighted by Crippen LogP contribution is 2.30. The molecule has 2 aromatic rings. The molecule has 91 valence electrons. The number of amides is 1. The van der Waals surface area contributed by atoms with Gasteiger partial charge in [-0.05, 0) is 24.6 Å². The summed E-state index contributed by atoms with van der Waals surface area (Å²) in [6.07, 6.45) is 1.84. The van der Waals surface area contributed by atoms with Gasteiger partial charge < -0.3 is 5.32 Å². The average molecular weight is 259 g/mol. The number of nitrogens with zero attached hydrogens (tertiary/aromatic N) is 1. The first-order valence-corrected chi connectivity index (χ1v) is 6.15. The first-order chi connectivity index (χ1) is 8.60. The van der Waals surface area contributed by atoms with Crippen molar-refractivity contribution in [3.8, 4) is 10.4 Å². The lowest BCUT2D eigenvalue weighted by Crippen LogP contribution is -2.05. The summed E-state index contributed by atoms with van der Waals surface area (Å²) in [5, 5.41) is 3.52. The molecule has 0 aliphatic heterocycles. The summed E-state index contributed by atoms with van der Waals surface area (Å²) in [6.45, 7) is 3.29. The summed E-state index contributed by atoms with van der Waals surface area (Å²) < 4.78 is 0. The van der Waals surface area contributed by atoms with Gasteiger partial charge in [-0.1, -0.05) is 12.1 Å². The Balaban J connectivity index is 2.43. The van der Waals surface area contributed by atoms with E-state index in [2.05, 4.69) is 10.3 Å². The maximum absolute atomic E-state index is 11.0. The van der Waals surface area contributed by atoms with Crippen molar-refractivity contribution in [3.63, 3.8) is 0 Å². The fourth-order valence-corrected chi connectivity index (χ4v) is 2.49. The molecule has 0 aliphatic carbocycles. The average Bonchev–Trinajstić information content (AvgIpc) is 2.70. The second kappa shape index (κ2) is 5.10. The fraction of sp³-hybridized carbons (Fsp3) is 0.154. The van der Waals surface area contributed by atoms with Gasteiger partial charge in [0.15, 0.2) is 0 Å². The van der Waals surface area contributed by atoms with Crippen molar-refractivity contribution < 1.29 is 9.59 Å². The number of anilines is 1. The topological polar surface area (TPSA) is 59.1 Å². The van der Waals surface area contributed by atoms with E-state index < -0.39 is 0 Å². The van der Waals surface area contributed by atoms with Crippen LogP contribution in [0.25, 0.3) is 10.4 Å². The molecule has 0 atom stereocenters. The zero-order chi connectivity index (χ0) is 13.1. The quantitative estimate of drug-likeness (QED) is 0.921. The first kappa shape index (κ1) is 12.4. The molecule has 2 rings (SSSR count). The van der Waals surface area contributed by atoms with Gasteiger partial charge >= 0.3 is 0 Å². The van der Waals surface area contributed by atoms with E-state index in [-0.39, 0.29) is 5.91 Å². The van der Waals surface area contributed by atoms with Gasteiger partial charge in [-0.15, -0.1) is 11.3 Å². The van der Waals surface area contributed by atoms with E-state index in [0.717, 1.165) is 15.4 Å². The monoisotopic (exact) mass is 259 g/mol. The summed E-state index contributed by atoms with van der Waals surface area (Å²) in [6, 6.07) is 7.31. The van der Waals surface area contributed by atoms with Crippen molar-refractivity contribution >= 4 is 29.2 Å². The van der Waals surface area contributed by atoms with Gasteiger partial charge in [-0.3, -0.25) is 9.59 Å². The van der Waals surface area contributed by atoms with Gasteiger partial charge in [0.25, 0.3) is 6.29 Å². The van der Waals surface area contributed by atoms with E-state index in [1.54, 1.807) is 6.07 Å². The van der Waals surface area contributed by atoms with Crippen LogP contribution < -0.4 is 5.32 Å². The van der Waals surface area contributed by atoms with Gasteiger partial charge in [-0.2, -0.15) is 0 Å².